The molecular weight excluding hydrogens is 284 g/mol. The minimum absolute atomic E-state index is 0.175. The van der Waals surface area contributed by atoms with E-state index in [1.165, 1.54) is 83.5 Å². The van der Waals surface area contributed by atoms with Gasteiger partial charge in [0.05, 0.1) is 6.54 Å². The molecule has 0 heterocycles. The summed E-state index contributed by atoms with van der Waals surface area (Å²) < 4.78 is 0. The van der Waals surface area contributed by atoms with Crippen LogP contribution in [0.1, 0.15) is 83.5 Å². The van der Waals surface area contributed by atoms with E-state index in [0.29, 0.717) is 12.6 Å². The molecule has 2 N–H and O–H groups in total. The highest BCUT2D eigenvalue weighted by atomic mass is 16.2. The van der Waals surface area contributed by atoms with Gasteiger partial charge in [-0.2, -0.15) is 0 Å². The second-order valence-electron chi connectivity index (χ2n) is 9.17. The van der Waals surface area contributed by atoms with Gasteiger partial charge in [0.25, 0.3) is 0 Å². The molecule has 0 radical (unpaired) electrons. The van der Waals surface area contributed by atoms with E-state index in [1.807, 2.05) is 0 Å². The van der Waals surface area contributed by atoms with Crippen LogP contribution in [0.3, 0.4) is 0 Å². The number of amides is 1. The van der Waals surface area contributed by atoms with Gasteiger partial charge in [-0.15, -0.1) is 0 Å². The van der Waals surface area contributed by atoms with Crippen molar-refractivity contribution >= 4 is 5.91 Å². The third kappa shape index (κ3) is 3.75. The Kier molecular flexibility index (Phi) is 4.67. The maximum Gasteiger partial charge on any atom is 0.234 e. The first-order valence-corrected chi connectivity index (χ1v) is 10.3. The van der Waals surface area contributed by atoms with Crippen LogP contribution >= 0.6 is 0 Å². The van der Waals surface area contributed by atoms with Crippen molar-refractivity contribution in [3.63, 3.8) is 0 Å². The monoisotopic (exact) mass is 318 g/mol. The largest absolute Gasteiger partial charge is 0.350 e. The zero-order valence-electron chi connectivity index (χ0n) is 14.6. The van der Waals surface area contributed by atoms with E-state index >= 15 is 0 Å². The van der Waals surface area contributed by atoms with E-state index in [9.17, 15) is 4.79 Å². The van der Waals surface area contributed by atoms with Crippen LogP contribution in [0.5, 0.6) is 0 Å². The second kappa shape index (κ2) is 6.74. The minimum Gasteiger partial charge on any atom is -0.350 e. The van der Waals surface area contributed by atoms with Crippen molar-refractivity contribution in [2.75, 3.05) is 6.54 Å². The molecule has 4 bridgehead atoms. The van der Waals surface area contributed by atoms with Crippen LogP contribution in [0.15, 0.2) is 0 Å². The van der Waals surface area contributed by atoms with Crippen LogP contribution in [0, 0.1) is 17.8 Å². The number of carbonyl (C=O) groups excluding carboxylic acids is 1. The predicted molar refractivity (Wildman–Crippen MR) is 93.2 cm³/mol. The van der Waals surface area contributed by atoms with Crippen LogP contribution in [0.4, 0.5) is 0 Å². The smallest absolute Gasteiger partial charge is 0.234 e. The van der Waals surface area contributed by atoms with Gasteiger partial charge in [-0.05, 0) is 69.1 Å². The van der Waals surface area contributed by atoms with Crippen LogP contribution < -0.4 is 10.6 Å². The molecule has 0 unspecified atom stereocenters. The fraction of sp³-hybridized carbons (Fsp3) is 0.950. The zero-order chi connectivity index (χ0) is 15.7. The van der Waals surface area contributed by atoms with Gasteiger partial charge >= 0.3 is 0 Å². The minimum atomic E-state index is 0.175. The lowest BCUT2D eigenvalue weighted by molar-refractivity contribution is -0.126. The van der Waals surface area contributed by atoms with Gasteiger partial charge in [0.1, 0.15) is 0 Å². The maximum absolute atomic E-state index is 12.6. The number of carbonyl (C=O) groups is 1. The summed E-state index contributed by atoms with van der Waals surface area (Å²) in [4.78, 5) is 12.6. The Hall–Kier alpha value is -0.570. The van der Waals surface area contributed by atoms with E-state index in [0.717, 1.165) is 17.8 Å². The van der Waals surface area contributed by atoms with Crippen molar-refractivity contribution in [2.24, 2.45) is 17.8 Å². The van der Waals surface area contributed by atoms with Crippen molar-refractivity contribution in [2.45, 2.75) is 95.1 Å². The Labute approximate surface area is 141 Å². The summed E-state index contributed by atoms with van der Waals surface area (Å²) in [5, 5.41) is 7.05. The summed E-state index contributed by atoms with van der Waals surface area (Å²) >= 11 is 0. The SMILES string of the molecule is O=C(CNC1CCCCCCC1)NC12CC3CC(CC(C3)C1)C2. The van der Waals surface area contributed by atoms with E-state index < -0.39 is 0 Å². The fourth-order valence-electron chi connectivity index (χ4n) is 6.50. The third-order valence-corrected chi connectivity index (χ3v) is 7.10. The summed E-state index contributed by atoms with van der Waals surface area (Å²) in [6, 6.07) is 0.567. The first kappa shape index (κ1) is 15.9. The Balaban J connectivity index is 1.27. The van der Waals surface area contributed by atoms with Gasteiger partial charge in [0.2, 0.25) is 5.91 Å². The molecule has 1 amide bonds. The molecule has 0 aromatic heterocycles. The number of rotatable bonds is 4. The summed E-state index contributed by atoms with van der Waals surface area (Å²) in [6.45, 7) is 0.534. The molecule has 130 valence electrons. The third-order valence-electron chi connectivity index (χ3n) is 7.10. The van der Waals surface area contributed by atoms with Crippen LogP contribution in [0.25, 0.3) is 0 Å². The molecule has 5 rings (SSSR count). The highest BCUT2D eigenvalue weighted by molar-refractivity contribution is 5.79. The van der Waals surface area contributed by atoms with Gasteiger partial charge < -0.3 is 10.6 Å². The van der Waals surface area contributed by atoms with E-state index in [4.69, 9.17) is 0 Å². The Morgan fingerprint density at radius 2 is 1.35 bits per heavy atom. The standard InChI is InChI=1S/C20H34N2O/c23-19(14-21-18-6-4-2-1-3-5-7-18)22-20-11-15-8-16(12-20)10-17(9-15)13-20/h15-18,21H,1-14H2,(H,22,23). The first-order valence-electron chi connectivity index (χ1n) is 10.3. The van der Waals surface area contributed by atoms with E-state index in [1.54, 1.807) is 0 Å². The highest BCUT2D eigenvalue weighted by Gasteiger charge is 2.51. The van der Waals surface area contributed by atoms with Crippen LogP contribution in [-0.4, -0.2) is 24.0 Å². The van der Waals surface area contributed by atoms with Crippen molar-refractivity contribution in [3.05, 3.63) is 0 Å². The molecule has 0 aromatic carbocycles. The lowest BCUT2D eigenvalue weighted by Gasteiger charge is -2.56. The number of hydrogen-bond acceptors (Lipinski definition) is 2. The van der Waals surface area contributed by atoms with Crippen LogP contribution in [-0.2, 0) is 4.79 Å². The second-order valence-corrected chi connectivity index (χ2v) is 9.17. The van der Waals surface area contributed by atoms with Gasteiger partial charge in [-0.1, -0.05) is 32.1 Å². The average Bonchev–Trinajstić information content (AvgIpc) is 2.44. The summed E-state index contributed by atoms with van der Waals surface area (Å²) in [6.07, 6.45) is 17.4. The Bertz CT molecular complexity index is 390. The normalized spacial score (nSPS) is 40.6. The molecule has 0 saturated heterocycles. The van der Waals surface area contributed by atoms with Crippen molar-refractivity contribution in [3.8, 4) is 0 Å². The van der Waals surface area contributed by atoms with Gasteiger partial charge in [-0.25, -0.2) is 0 Å². The lowest BCUT2D eigenvalue weighted by atomic mass is 9.53. The maximum atomic E-state index is 12.6. The average molecular weight is 319 g/mol. The molecule has 3 heteroatoms. The molecule has 5 aliphatic carbocycles. The lowest BCUT2D eigenvalue weighted by Crippen LogP contribution is -2.61. The fourth-order valence-corrected chi connectivity index (χ4v) is 6.50. The van der Waals surface area contributed by atoms with E-state index in [-0.39, 0.29) is 11.4 Å². The molecular formula is C20H34N2O. The Morgan fingerprint density at radius 1 is 0.826 bits per heavy atom. The Morgan fingerprint density at radius 3 is 1.91 bits per heavy atom. The molecule has 0 atom stereocenters. The van der Waals surface area contributed by atoms with Crippen molar-refractivity contribution in [1.82, 2.24) is 10.6 Å². The van der Waals surface area contributed by atoms with E-state index in [2.05, 4.69) is 10.6 Å². The number of nitrogens with one attached hydrogen (secondary N) is 2. The van der Waals surface area contributed by atoms with Gasteiger partial charge in [0, 0.05) is 11.6 Å². The summed E-state index contributed by atoms with van der Waals surface area (Å²) in [7, 11) is 0. The van der Waals surface area contributed by atoms with Gasteiger partial charge in [0.15, 0.2) is 0 Å². The number of hydrogen-bond donors (Lipinski definition) is 2. The molecule has 0 aromatic rings. The van der Waals surface area contributed by atoms with Crippen molar-refractivity contribution in [1.29, 1.82) is 0 Å². The summed E-state index contributed by atoms with van der Waals surface area (Å²) in [5.41, 5.74) is 0.175. The quantitative estimate of drug-likeness (QED) is 0.828. The molecule has 3 nitrogen and oxygen atoms in total. The molecule has 5 fully saturated rings. The molecule has 23 heavy (non-hydrogen) atoms. The molecule has 5 aliphatic rings. The molecule has 5 saturated carbocycles. The zero-order valence-corrected chi connectivity index (χ0v) is 14.6. The summed E-state index contributed by atoms with van der Waals surface area (Å²) in [5.74, 6) is 2.97. The van der Waals surface area contributed by atoms with Crippen molar-refractivity contribution < 1.29 is 4.79 Å². The predicted octanol–water partition coefficient (Wildman–Crippen LogP) is 3.77. The molecule has 0 spiro atoms. The van der Waals surface area contributed by atoms with Crippen LogP contribution in [0.2, 0.25) is 0 Å². The highest BCUT2D eigenvalue weighted by Crippen LogP contribution is 2.55. The van der Waals surface area contributed by atoms with Gasteiger partial charge in [-0.3, -0.25) is 4.79 Å². The topological polar surface area (TPSA) is 41.1 Å². The molecule has 0 aliphatic heterocycles. The first-order chi connectivity index (χ1) is 11.2.